The molecule has 1 aliphatic rings. The summed E-state index contributed by atoms with van der Waals surface area (Å²) >= 11 is 10.5. The smallest absolute Gasteiger partial charge is 0.294 e. The zero-order valence-electron chi connectivity index (χ0n) is 19.9. The van der Waals surface area contributed by atoms with E-state index in [9.17, 15) is 14.4 Å². The van der Waals surface area contributed by atoms with Crippen molar-refractivity contribution in [3.63, 3.8) is 0 Å². The van der Waals surface area contributed by atoms with Crippen molar-refractivity contribution >= 4 is 68.1 Å². The van der Waals surface area contributed by atoms with E-state index in [1.54, 1.807) is 36.4 Å². The zero-order valence-corrected chi connectivity index (χ0v) is 23.1. The van der Waals surface area contributed by atoms with Gasteiger partial charge in [-0.25, -0.2) is 0 Å². The van der Waals surface area contributed by atoms with Gasteiger partial charge in [0.05, 0.1) is 16.5 Å². The highest BCUT2D eigenvalue weighted by Gasteiger charge is 2.36. The van der Waals surface area contributed by atoms with Crippen LogP contribution >= 0.6 is 39.3 Å². The van der Waals surface area contributed by atoms with Crippen LogP contribution in [0.25, 0.3) is 6.08 Å². The minimum atomic E-state index is -0.539. The van der Waals surface area contributed by atoms with Crippen LogP contribution in [0.5, 0.6) is 11.5 Å². The number of halogens is 2. The topological polar surface area (TPSA) is 84.9 Å². The zero-order chi connectivity index (χ0) is 26.5. The Hall–Kier alpha value is -3.27. The monoisotopic (exact) mass is 600 g/mol. The molecule has 1 heterocycles. The second-order valence-corrected chi connectivity index (χ2v) is 10.4. The Morgan fingerprint density at radius 3 is 2.57 bits per heavy atom. The summed E-state index contributed by atoms with van der Waals surface area (Å²) in [6, 6.07) is 18.1. The molecule has 1 fully saturated rings. The highest BCUT2D eigenvalue weighted by atomic mass is 79.9. The maximum atomic E-state index is 12.9. The van der Waals surface area contributed by atoms with Gasteiger partial charge in [-0.15, -0.1) is 0 Å². The van der Waals surface area contributed by atoms with Gasteiger partial charge in [0.25, 0.3) is 11.1 Å². The molecule has 1 saturated heterocycles. The van der Waals surface area contributed by atoms with Gasteiger partial charge in [0.1, 0.15) is 13.2 Å². The van der Waals surface area contributed by atoms with Crippen molar-refractivity contribution in [3.05, 3.63) is 91.8 Å². The predicted octanol–water partition coefficient (Wildman–Crippen LogP) is 6.67. The molecule has 0 bridgehead atoms. The third kappa shape index (κ3) is 6.54. The van der Waals surface area contributed by atoms with E-state index in [4.69, 9.17) is 21.1 Å². The molecule has 0 spiro atoms. The molecule has 1 N–H and O–H groups in total. The van der Waals surface area contributed by atoms with Crippen molar-refractivity contribution in [1.29, 1.82) is 0 Å². The fourth-order valence-electron chi connectivity index (χ4n) is 3.50. The lowest BCUT2D eigenvalue weighted by Crippen LogP contribution is -2.36. The molecule has 0 unspecified atom stereocenters. The van der Waals surface area contributed by atoms with Crippen LogP contribution in [0, 0.1) is 6.92 Å². The van der Waals surface area contributed by atoms with E-state index in [1.165, 1.54) is 7.11 Å². The summed E-state index contributed by atoms with van der Waals surface area (Å²) in [5, 5.41) is 2.78. The number of thioether (sulfide) groups is 1. The van der Waals surface area contributed by atoms with Gasteiger partial charge in [0, 0.05) is 16.3 Å². The van der Waals surface area contributed by atoms with Crippen LogP contribution in [-0.4, -0.2) is 35.6 Å². The molecule has 190 valence electrons. The van der Waals surface area contributed by atoms with Crippen molar-refractivity contribution < 1.29 is 23.9 Å². The number of benzene rings is 3. The first-order chi connectivity index (χ1) is 17.7. The van der Waals surface area contributed by atoms with Crippen LogP contribution in [0.15, 0.2) is 70.0 Å². The van der Waals surface area contributed by atoms with Crippen LogP contribution in [0.4, 0.5) is 10.5 Å². The molecule has 0 radical (unpaired) electrons. The van der Waals surface area contributed by atoms with Crippen molar-refractivity contribution in [2.75, 3.05) is 19.0 Å². The number of nitrogens with one attached hydrogen (secondary N) is 1. The molecule has 0 aromatic heterocycles. The fourth-order valence-corrected chi connectivity index (χ4v) is 5.10. The van der Waals surface area contributed by atoms with Gasteiger partial charge in [-0.05, 0) is 76.6 Å². The normalized spacial score (nSPS) is 14.3. The summed E-state index contributed by atoms with van der Waals surface area (Å²) in [5.74, 6) is -0.0927. The van der Waals surface area contributed by atoms with E-state index in [0.717, 1.165) is 27.8 Å². The van der Waals surface area contributed by atoms with E-state index < -0.39 is 17.1 Å². The van der Waals surface area contributed by atoms with Gasteiger partial charge in [0.2, 0.25) is 5.91 Å². The quantitative estimate of drug-likeness (QED) is 0.290. The molecule has 37 heavy (non-hydrogen) atoms. The predicted molar refractivity (Wildman–Crippen MR) is 149 cm³/mol. The van der Waals surface area contributed by atoms with Crippen LogP contribution in [0.1, 0.15) is 16.7 Å². The van der Waals surface area contributed by atoms with Crippen molar-refractivity contribution in [2.24, 2.45) is 0 Å². The van der Waals surface area contributed by atoms with E-state index in [2.05, 4.69) is 21.2 Å². The van der Waals surface area contributed by atoms with Crippen molar-refractivity contribution in [3.8, 4) is 11.5 Å². The highest BCUT2D eigenvalue weighted by Crippen LogP contribution is 2.39. The lowest BCUT2D eigenvalue weighted by atomic mass is 10.1. The van der Waals surface area contributed by atoms with Crippen molar-refractivity contribution in [2.45, 2.75) is 13.5 Å². The number of carbonyl (C=O) groups is 3. The average molecular weight is 602 g/mol. The summed E-state index contributed by atoms with van der Waals surface area (Å²) in [7, 11) is 1.51. The van der Waals surface area contributed by atoms with E-state index in [1.807, 2.05) is 37.3 Å². The van der Waals surface area contributed by atoms with E-state index in [-0.39, 0.29) is 18.1 Å². The summed E-state index contributed by atoms with van der Waals surface area (Å²) in [5.41, 5.74) is 3.08. The number of imide groups is 1. The van der Waals surface area contributed by atoms with Gasteiger partial charge in [-0.3, -0.25) is 19.3 Å². The number of aryl methyl sites for hydroxylation is 1. The standard InChI is InChI=1S/C27H22BrClN2O5S/c1-16-7-9-19(10-8-16)30-24(32)14-31-26(33)23(37-27(31)34)13-17-11-20(28)25(22(12-17)35-2)36-15-18-5-3-4-6-21(18)29/h3-13H,14-15H2,1-2H3,(H,30,32)/b23-13+. The van der Waals surface area contributed by atoms with Gasteiger partial charge in [-0.2, -0.15) is 0 Å². The maximum absolute atomic E-state index is 12.9. The van der Waals surface area contributed by atoms with Crippen LogP contribution < -0.4 is 14.8 Å². The molecule has 4 rings (SSSR count). The number of amides is 3. The Kier molecular flexibility index (Phi) is 8.58. The molecule has 10 heteroatoms. The third-order valence-corrected chi connectivity index (χ3v) is 7.26. The summed E-state index contributed by atoms with van der Waals surface area (Å²) in [6.45, 7) is 1.79. The van der Waals surface area contributed by atoms with Gasteiger partial charge >= 0.3 is 0 Å². The molecular weight excluding hydrogens is 580 g/mol. The number of carbonyl (C=O) groups excluding carboxylic acids is 3. The fraction of sp³-hybridized carbons (Fsp3) is 0.148. The first-order valence-corrected chi connectivity index (χ1v) is 13.1. The van der Waals surface area contributed by atoms with E-state index in [0.29, 0.717) is 32.2 Å². The van der Waals surface area contributed by atoms with Crippen LogP contribution in [-0.2, 0) is 16.2 Å². The molecule has 3 aromatic rings. The Morgan fingerprint density at radius 2 is 1.86 bits per heavy atom. The number of hydrogen-bond donors (Lipinski definition) is 1. The number of ether oxygens (including phenoxy) is 2. The first kappa shape index (κ1) is 26.8. The Balaban J connectivity index is 1.47. The first-order valence-electron chi connectivity index (χ1n) is 11.1. The number of methoxy groups -OCH3 is 1. The summed E-state index contributed by atoms with van der Waals surface area (Å²) < 4.78 is 12.0. The second-order valence-electron chi connectivity index (χ2n) is 8.10. The molecule has 0 saturated carbocycles. The Bertz CT molecular complexity index is 1390. The van der Waals surface area contributed by atoms with Crippen LogP contribution in [0.3, 0.4) is 0 Å². The average Bonchev–Trinajstić information content (AvgIpc) is 3.12. The minimum Gasteiger partial charge on any atom is -0.493 e. The minimum absolute atomic E-state index is 0.201. The largest absolute Gasteiger partial charge is 0.493 e. The number of hydrogen-bond acceptors (Lipinski definition) is 6. The molecule has 0 atom stereocenters. The molecule has 7 nitrogen and oxygen atoms in total. The van der Waals surface area contributed by atoms with Gasteiger partial charge in [0.15, 0.2) is 11.5 Å². The number of rotatable bonds is 8. The Morgan fingerprint density at radius 1 is 1.14 bits per heavy atom. The summed E-state index contributed by atoms with van der Waals surface area (Å²) in [6.07, 6.45) is 1.58. The van der Waals surface area contributed by atoms with E-state index >= 15 is 0 Å². The lowest BCUT2D eigenvalue weighted by molar-refractivity contribution is -0.127. The maximum Gasteiger partial charge on any atom is 0.294 e. The number of nitrogens with zero attached hydrogens (tertiary/aromatic N) is 1. The molecule has 1 aliphatic heterocycles. The summed E-state index contributed by atoms with van der Waals surface area (Å²) in [4.78, 5) is 39.0. The molecule has 3 amide bonds. The third-order valence-electron chi connectivity index (χ3n) is 5.39. The second kappa shape index (κ2) is 11.9. The van der Waals surface area contributed by atoms with Gasteiger partial charge in [-0.1, -0.05) is 47.5 Å². The molecule has 3 aromatic carbocycles. The molecular formula is C27H22BrClN2O5S. The Labute approximate surface area is 231 Å². The van der Waals surface area contributed by atoms with Crippen molar-refractivity contribution in [1.82, 2.24) is 4.90 Å². The van der Waals surface area contributed by atoms with Crippen LogP contribution in [0.2, 0.25) is 5.02 Å². The lowest BCUT2D eigenvalue weighted by Gasteiger charge is -2.14. The SMILES string of the molecule is COc1cc(/C=C2/SC(=O)N(CC(=O)Nc3ccc(C)cc3)C2=O)cc(Br)c1OCc1ccccc1Cl. The highest BCUT2D eigenvalue weighted by molar-refractivity contribution is 9.10. The molecule has 0 aliphatic carbocycles. The number of anilines is 1. The van der Waals surface area contributed by atoms with Gasteiger partial charge < -0.3 is 14.8 Å².